The van der Waals surface area contributed by atoms with Crippen molar-refractivity contribution in [3.63, 3.8) is 0 Å². The highest BCUT2D eigenvalue weighted by Crippen LogP contribution is 2.60. The van der Waals surface area contributed by atoms with E-state index in [1.807, 2.05) is 4.90 Å². The Labute approximate surface area is 132 Å². The molecule has 4 saturated carbocycles. The van der Waals surface area contributed by atoms with Gasteiger partial charge in [-0.2, -0.15) is 0 Å². The maximum Gasteiger partial charge on any atom is 0.246 e. The minimum Gasteiger partial charge on any atom is -0.339 e. The molecule has 2 amide bonds. The molecule has 1 aliphatic heterocycles. The quantitative estimate of drug-likeness (QED) is 0.733. The standard InChI is InChI=1S/C18H26N2O2/c1-2-16(21)19-3-5-20(6-4-19)17(22)18-10-13-7-14(11-18)9-15(8-13)12-18/h2,13-15H,1,3-12H2. The molecule has 5 rings (SSSR count). The highest BCUT2D eigenvalue weighted by molar-refractivity contribution is 5.87. The Morgan fingerprint density at radius 3 is 1.77 bits per heavy atom. The second-order valence-electron chi connectivity index (χ2n) is 8.02. The van der Waals surface area contributed by atoms with Gasteiger partial charge >= 0.3 is 0 Å². The molecule has 0 unspecified atom stereocenters. The van der Waals surface area contributed by atoms with Crippen LogP contribution in [0.25, 0.3) is 0 Å². The molecule has 5 fully saturated rings. The van der Waals surface area contributed by atoms with Crippen molar-refractivity contribution in [2.75, 3.05) is 26.2 Å². The Hall–Kier alpha value is -1.32. The number of carbonyl (C=O) groups is 2. The number of rotatable bonds is 2. The molecule has 5 aliphatic rings. The fourth-order valence-corrected chi connectivity index (χ4v) is 5.97. The van der Waals surface area contributed by atoms with E-state index in [0.717, 1.165) is 37.0 Å². The Morgan fingerprint density at radius 1 is 0.864 bits per heavy atom. The van der Waals surface area contributed by atoms with E-state index in [4.69, 9.17) is 0 Å². The first-order chi connectivity index (χ1) is 10.6. The molecular weight excluding hydrogens is 276 g/mol. The van der Waals surface area contributed by atoms with E-state index in [1.165, 1.54) is 25.3 Å². The van der Waals surface area contributed by atoms with E-state index in [2.05, 4.69) is 6.58 Å². The summed E-state index contributed by atoms with van der Waals surface area (Å²) in [7, 11) is 0. The van der Waals surface area contributed by atoms with Gasteiger partial charge in [-0.3, -0.25) is 9.59 Å². The molecule has 0 spiro atoms. The Morgan fingerprint density at radius 2 is 1.32 bits per heavy atom. The summed E-state index contributed by atoms with van der Waals surface area (Å²) in [6.07, 6.45) is 8.86. The van der Waals surface area contributed by atoms with Gasteiger partial charge < -0.3 is 9.80 Å². The van der Waals surface area contributed by atoms with Crippen molar-refractivity contribution in [2.24, 2.45) is 23.2 Å². The van der Waals surface area contributed by atoms with Crippen LogP contribution >= 0.6 is 0 Å². The highest BCUT2D eigenvalue weighted by atomic mass is 16.2. The number of nitrogens with zero attached hydrogens (tertiary/aromatic N) is 2. The largest absolute Gasteiger partial charge is 0.339 e. The number of carbonyl (C=O) groups excluding carboxylic acids is 2. The lowest BCUT2D eigenvalue weighted by Gasteiger charge is -2.57. The molecule has 0 radical (unpaired) electrons. The van der Waals surface area contributed by atoms with Crippen molar-refractivity contribution < 1.29 is 9.59 Å². The second kappa shape index (κ2) is 5.10. The normalized spacial score (nSPS) is 39.9. The third kappa shape index (κ3) is 2.19. The van der Waals surface area contributed by atoms with Crippen LogP contribution in [-0.4, -0.2) is 47.8 Å². The Balaban J connectivity index is 1.44. The number of amides is 2. The summed E-state index contributed by atoms with van der Waals surface area (Å²) in [5.41, 5.74) is -0.0423. The van der Waals surface area contributed by atoms with Crippen LogP contribution in [0.1, 0.15) is 38.5 Å². The van der Waals surface area contributed by atoms with Crippen LogP contribution in [0.3, 0.4) is 0 Å². The molecule has 22 heavy (non-hydrogen) atoms. The molecule has 4 nitrogen and oxygen atoms in total. The molecule has 4 heteroatoms. The lowest BCUT2D eigenvalue weighted by Crippen LogP contribution is -2.58. The average molecular weight is 302 g/mol. The maximum atomic E-state index is 13.2. The van der Waals surface area contributed by atoms with E-state index < -0.39 is 0 Å². The minimum atomic E-state index is -0.0423. The monoisotopic (exact) mass is 302 g/mol. The molecule has 1 heterocycles. The van der Waals surface area contributed by atoms with Crippen LogP contribution in [0, 0.1) is 23.2 Å². The van der Waals surface area contributed by atoms with E-state index in [9.17, 15) is 9.59 Å². The zero-order valence-electron chi connectivity index (χ0n) is 13.3. The third-order valence-electron chi connectivity index (χ3n) is 6.55. The summed E-state index contributed by atoms with van der Waals surface area (Å²) in [4.78, 5) is 28.7. The molecular formula is C18H26N2O2. The van der Waals surface area contributed by atoms with Crippen molar-refractivity contribution in [1.29, 1.82) is 0 Å². The third-order valence-corrected chi connectivity index (χ3v) is 6.55. The predicted molar refractivity (Wildman–Crippen MR) is 84.0 cm³/mol. The van der Waals surface area contributed by atoms with Crippen LogP contribution in [0.15, 0.2) is 12.7 Å². The predicted octanol–water partition coefficient (Wildman–Crippen LogP) is 2.06. The van der Waals surface area contributed by atoms with Crippen LogP contribution in [0.4, 0.5) is 0 Å². The first-order valence-electron chi connectivity index (χ1n) is 8.80. The van der Waals surface area contributed by atoms with Crippen LogP contribution in [0.5, 0.6) is 0 Å². The first kappa shape index (κ1) is 14.3. The number of hydrogen-bond acceptors (Lipinski definition) is 2. The van der Waals surface area contributed by atoms with Crippen molar-refractivity contribution in [2.45, 2.75) is 38.5 Å². The van der Waals surface area contributed by atoms with Crippen molar-refractivity contribution in [3.05, 3.63) is 12.7 Å². The van der Waals surface area contributed by atoms with Gasteiger partial charge in [0.2, 0.25) is 11.8 Å². The van der Waals surface area contributed by atoms with E-state index in [-0.39, 0.29) is 11.3 Å². The van der Waals surface area contributed by atoms with Gasteiger partial charge in [-0.15, -0.1) is 0 Å². The summed E-state index contributed by atoms with van der Waals surface area (Å²) in [5, 5.41) is 0. The molecule has 0 aromatic rings. The molecule has 0 N–H and O–H groups in total. The fourth-order valence-electron chi connectivity index (χ4n) is 5.97. The molecule has 0 aromatic carbocycles. The second-order valence-corrected chi connectivity index (χ2v) is 8.02. The van der Waals surface area contributed by atoms with Gasteiger partial charge in [-0.25, -0.2) is 0 Å². The van der Waals surface area contributed by atoms with Gasteiger partial charge in [0.1, 0.15) is 0 Å². The van der Waals surface area contributed by atoms with Crippen molar-refractivity contribution in [1.82, 2.24) is 9.80 Å². The molecule has 1 saturated heterocycles. The SMILES string of the molecule is C=CC(=O)N1CCN(C(=O)C23CC4CC(CC(C4)C2)C3)CC1. The zero-order valence-corrected chi connectivity index (χ0v) is 13.3. The Bertz CT molecular complexity index is 470. The zero-order chi connectivity index (χ0) is 15.3. The lowest BCUT2D eigenvalue weighted by molar-refractivity contribution is -0.160. The average Bonchev–Trinajstić information content (AvgIpc) is 2.52. The van der Waals surface area contributed by atoms with Crippen molar-refractivity contribution in [3.8, 4) is 0 Å². The number of hydrogen-bond donors (Lipinski definition) is 0. The molecule has 0 atom stereocenters. The molecule has 4 aliphatic carbocycles. The smallest absolute Gasteiger partial charge is 0.246 e. The topological polar surface area (TPSA) is 40.6 Å². The maximum absolute atomic E-state index is 13.2. The summed E-state index contributed by atoms with van der Waals surface area (Å²) >= 11 is 0. The van der Waals surface area contributed by atoms with E-state index in [0.29, 0.717) is 32.1 Å². The van der Waals surface area contributed by atoms with Gasteiger partial charge in [0, 0.05) is 26.2 Å². The summed E-state index contributed by atoms with van der Waals surface area (Å²) in [6.45, 7) is 6.25. The van der Waals surface area contributed by atoms with Crippen LogP contribution in [0.2, 0.25) is 0 Å². The van der Waals surface area contributed by atoms with Gasteiger partial charge in [0.15, 0.2) is 0 Å². The van der Waals surface area contributed by atoms with E-state index >= 15 is 0 Å². The minimum absolute atomic E-state index is 0.0121. The molecule has 4 bridgehead atoms. The molecule has 120 valence electrons. The fraction of sp³-hybridized carbons (Fsp3) is 0.778. The van der Waals surface area contributed by atoms with Gasteiger partial charge in [0.25, 0.3) is 0 Å². The van der Waals surface area contributed by atoms with Gasteiger partial charge in [-0.05, 0) is 62.4 Å². The Kier molecular flexibility index (Phi) is 3.31. The highest BCUT2D eigenvalue weighted by Gasteiger charge is 2.55. The van der Waals surface area contributed by atoms with Gasteiger partial charge in [0.05, 0.1) is 5.41 Å². The van der Waals surface area contributed by atoms with Crippen LogP contribution in [-0.2, 0) is 9.59 Å². The summed E-state index contributed by atoms with van der Waals surface area (Å²) < 4.78 is 0. The number of piperazine rings is 1. The van der Waals surface area contributed by atoms with Crippen molar-refractivity contribution >= 4 is 11.8 Å². The van der Waals surface area contributed by atoms with E-state index in [1.54, 1.807) is 4.90 Å². The lowest BCUT2D eigenvalue weighted by atomic mass is 9.49. The van der Waals surface area contributed by atoms with Crippen LogP contribution < -0.4 is 0 Å². The summed E-state index contributed by atoms with van der Waals surface area (Å²) in [5.74, 6) is 2.80. The molecule has 0 aromatic heterocycles. The summed E-state index contributed by atoms with van der Waals surface area (Å²) in [6, 6.07) is 0. The first-order valence-corrected chi connectivity index (χ1v) is 8.80. The van der Waals surface area contributed by atoms with Gasteiger partial charge in [-0.1, -0.05) is 6.58 Å².